The van der Waals surface area contributed by atoms with Crippen molar-refractivity contribution < 1.29 is 4.79 Å². The number of carbonyl (C=O) groups excluding carboxylic acids is 1. The fourth-order valence-corrected chi connectivity index (χ4v) is 2.52. The van der Waals surface area contributed by atoms with Crippen LogP contribution < -0.4 is 0 Å². The summed E-state index contributed by atoms with van der Waals surface area (Å²) in [5.41, 5.74) is 1.96. The summed E-state index contributed by atoms with van der Waals surface area (Å²) >= 11 is 0. The Hall–Kier alpha value is -1.90. The number of nitrogens with zero attached hydrogens (tertiary/aromatic N) is 2. The summed E-state index contributed by atoms with van der Waals surface area (Å²) in [6.07, 6.45) is 1.77. The average Bonchev–Trinajstić information content (AvgIpc) is 2.34. The highest BCUT2D eigenvalue weighted by atomic mass is 16.2. The Kier molecular flexibility index (Phi) is 2.37. The monoisotopic (exact) mass is 240 g/mol. The van der Waals surface area contributed by atoms with E-state index in [2.05, 4.69) is 18.8 Å². The lowest BCUT2D eigenvalue weighted by Gasteiger charge is -2.45. The number of amides is 1. The van der Waals surface area contributed by atoms with Crippen molar-refractivity contribution in [3.8, 4) is 0 Å². The highest BCUT2D eigenvalue weighted by molar-refractivity contribution is 5.98. The van der Waals surface area contributed by atoms with Crippen LogP contribution in [0.1, 0.15) is 24.2 Å². The molecule has 0 atom stereocenters. The van der Waals surface area contributed by atoms with Gasteiger partial charge in [-0.3, -0.25) is 9.78 Å². The second-order valence-electron chi connectivity index (χ2n) is 5.74. The maximum atomic E-state index is 12.3. The quantitative estimate of drug-likeness (QED) is 0.768. The van der Waals surface area contributed by atoms with Crippen molar-refractivity contribution in [1.82, 2.24) is 9.88 Å². The van der Waals surface area contributed by atoms with Gasteiger partial charge in [0, 0.05) is 30.2 Å². The molecule has 0 unspecified atom stereocenters. The van der Waals surface area contributed by atoms with Gasteiger partial charge in [-0.2, -0.15) is 0 Å². The lowest BCUT2D eigenvalue weighted by molar-refractivity contribution is 0.0236. The first kappa shape index (κ1) is 11.2. The van der Waals surface area contributed by atoms with Crippen LogP contribution in [0, 0.1) is 5.41 Å². The Morgan fingerprint density at radius 3 is 2.78 bits per heavy atom. The van der Waals surface area contributed by atoms with Crippen LogP contribution >= 0.6 is 0 Å². The molecule has 2 heterocycles. The first-order chi connectivity index (χ1) is 8.55. The molecule has 0 spiro atoms. The molecule has 1 amide bonds. The minimum atomic E-state index is 0.125. The molecule has 1 aliphatic heterocycles. The van der Waals surface area contributed by atoms with Crippen LogP contribution in [0.2, 0.25) is 0 Å². The van der Waals surface area contributed by atoms with Crippen molar-refractivity contribution in [2.45, 2.75) is 13.8 Å². The third-order valence-electron chi connectivity index (χ3n) is 3.37. The Labute approximate surface area is 106 Å². The predicted molar refractivity (Wildman–Crippen MR) is 71.4 cm³/mol. The number of hydrogen-bond donors (Lipinski definition) is 0. The standard InChI is InChI=1S/C15H16N2O/c1-15(2)9-17(10-15)14(18)12-5-6-13-11(8-12)4-3-7-16-13/h3-8H,9-10H2,1-2H3. The number of rotatable bonds is 1. The number of benzene rings is 1. The van der Waals surface area contributed by atoms with E-state index in [4.69, 9.17) is 0 Å². The Morgan fingerprint density at radius 2 is 2.06 bits per heavy atom. The number of likely N-dealkylation sites (tertiary alicyclic amines) is 1. The second kappa shape index (κ2) is 3.80. The minimum absolute atomic E-state index is 0.125. The van der Waals surface area contributed by atoms with E-state index < -0.39 is 0 Å². The van der Waals surface area contributed by atoms with Crippen molar-refractivity contribution >= 4 is 16.8 Å². The normalized spacial score (nSPS) is 17.6. The van der Waals surface area contributed by atoms with Crippen LogP contribution in [0.15, 0.2) is 36.5 Å². The van der Waals surface area contributed by atoms with E-state index in [9.17, 15) is 4.79 Å². The zero-order chi connectivity index (χ0) is 12.8. The molecule has 1 aliphatic rings. The zero-order valence-corrected chi connectivity index (χ0v) is 10.7. The highest BCUT2D eigenvalue weighted by Gasteiger charge is 2.37. The molecule has 0 bridgehead atoms. The molecule has 1 aromatic heterocycles. The summed E-state index contributed by atoms with van der Waals surface area (Å²) in [6, 6.07) is 9.58. The van der Waals surface area contributed by atoms with Gasteiger partial charge in [-0.1, -0.05) is 19.9 Å². The van der Waals surface area contributed by atoms with E-state index in [1.807, 2.05) is 35.2 Å². The van der Waals surface area contributed by atoms with Crippen LogP contribution in [-0.2, 0) is 0 Å². The zero-order valence-electron chi connectivity index (χ0n) is 10.7. The van der Waals surface area contributed by atoms with Gasteiger partial charge in [0.05, 0.1) is 5.52 Å². The SMILES string of the molecule is CC1(C)CN(C(=O)c2ccc3ncccc3c2)C1. The third kappa shape index (κ3) is 1.86. The van der Waals surface area contributed by atoms with Gasteiger partial charge in [-0.15, -0.1) is 0 Å². The molecule has 1 saturated heterocycles. The van der Waals surface area contributed by atoms with Crippen LogP contribution in [0.5, 0.6) is 0 Å². The third-order valence-corrected chi connectivity index (χ3v) is 3.37. The lowest BCUT2D eigenvalue weighted by Crippen LogP contribution is -2.55. The van der Waals surface area contributed by atoms with E-state index in [-0.39, 0.29) is 11.3 Å². The van der Waals surface area contributed by atoms with Crippen LogP contribution in [0.3, 0.4) is 0 Å². The average molecular weight is 240 g/mol. The molecule has 3 nitrogen and oxygen atoms in total. The van der Waals surface area contributed by atoms with Gasteiger partial charge in [0.25, 0.3) is 5.91 Å². The maximum absolute atomic E-state index is 12.3. The molecular formula is C15H16N2O. The van der Waals surface area contributed by atoms with Gasteiger partial charge >= 0.3 is 0 Å². The Bertz CT molecular complexity index is 611. The maximum Gasteiger partial charge on any atom is 0.253 e. The topological polar surface area (TPSA) is 33.2 Å². The molecule has 0 N–H and O–H groups in total. The van der Waals surface area contributed by atoms with E-state index >= 15 is 0 Å². The summed E-state index contributed by atoms with van der Waals surface area (Å²) in [5.74, 6) is 0.125. The molecule has 1 fully saturated rings. The van der Waals surface area contributed by atoms with Gasteiger partial charge in [-0.25, -0.2) is 0 Å². The largest absolute Gasteiger partial charge is 0.337 e. The molecule has 18 heavy (non-hydrogen) atoms. The van der Waals surface area contributed by atoms with Crippen molar-refractivity contribution in [1.29, 1.82) is 0 Å². The second-order valence-corrected chi connectivity index (χ2v) is 5.74. The fourth-order valence-electron chi connectivity index (χ4n) is 2.52. The fraction of sp³-hybridized carbons (Fsp3) is 0.333. The summed E-state index contributed by atoms with van der Waals surface area (Å²) in [6.45, 7) is 6.05. The van der Waals surface area contributed by atoms with E-state index in [0.717, 1.165) is 29.6 Å². The lowest BCUT2D eigenvalue weighted by atomic mass is 9.84. The van der Waals surface area contributed by atoms with Gasteiger partial charge < -0.3 is 4.90 Å². The molecule has 1 aromatic carbocycles. The Balaban J connectivity index is 1.88. The minimum Gasteiger partial charge on any atom is -0.337 e. The molecule has 3 rings (SSSR count). The molecule has 3 heteroatoms. The summed E-state index contributed by atoms with van der Waals surface area (Å²) < 4.78 is 0. The molecule has 0 aliphatic carbocycles. The van der Waals surface area contributed by atoms with Crippen LogP contribution in [0.25, 0.3) is 10.9 Å². The number of hydrogen-bond acceptors (Lipinski definition) is 2. The van der Waals surface area contributed by atoms with Gasteiger partial charge in [0.1, 0.15) is 0 Å². The van der Waals surface area contributed by atoms with Crippen LogP contribution in [0.4, 0.5) is 0 Å². The van der Waals surface area contributed by atoms with Crippen molar-refractivity contribution in [2.75, 3.05) is 13.1 Å². The van der Waals surface area contributed by atoms with Crippen molar-refractivity contribution in [3.63, 3.8) is 0 Å². The molecule has 2 aromatic rings. The number of aromatic nitrogens is 1. The summed E-state index contributed by atoms with van der Waals surface area (Å²) in [4.78, 5) is 18.4. The molecule has 0 saturated carbocycles. The summed E-state index contributed by atoms with van der Waals surface area (Å²) in [5, 5.41) is 1.02. The van der Waals surface area contributed by atoms with Gasteiger partial charge in [-0.05, 0) is 29.7 Å². The number of carbonyl (C=O) groups is 1. The Morgan fingerprint density at radius 1 is 1.28 bits per heavy atom. The van der Waals surface area contributed by atoms with Gasteiger partial charge in [0.2, 0.25) is 0 Å². The van der Waals surface area contributed by atoms with E-state index in [1.54, 1.807) is 6.20 Å². The molecule has 92 valence electrons. The molecular weight excluding hydrogens is 224 g/mol. The highest BCUT2D eigenvalue weighted by Crippen LogP contribution is 2.30. The van der Waals surface area contributed by atoms with Crippen LogP contribution in [-0.4, -0.2) is 28.9 Å². The van der Waals surface area contributed by atoms with Crippen molar-refractivity contribution in [3.05, 3.63) is 42.1 Å². The predicted octanol–water partition coefficient (Wildman–Crippen LogP) is 2.72. The van der Waals surface area contributed by atoms with E-state index in [0.29, 0.717) is 0 Å². The number of fused-ring (bicyclic) bond motifs is 1. The smallest absolute Gasteiger partial charge is 0.253 e. The first-order valence-electron chi connectivity index (χ1n) is 6.19. The van der Waals surface area contributed by atoms with Crippen molar-refractivity contribution in [2.24, 2.45) is 5.41 Å². The first-order valence-corrected chi connectivity index (χ1v) is 6.19. The summed E-state index contributed by atoms with van der Waals surface area (Å²) in [7, 11) is 0. The van der Waals surface area contributed by atoms with E-state index in [1.165, 1.54) is 0 Å². The number of pyridine rings is 1. The van der Waals surface area contributed by atoms with Gasteiger partial charge in [0.15, 0.2) is 0 Å². The molecule has 0 radical (unpaired) electrons.